The lowest BCUT2D eigenvalue weighted by Crippen LogP contribution is -1.96. The lowest BCUT2D eigenvalue weighted by Gasteiger charge is -1.99. The van der Waals surface area contributed by atoms with Crippen molar-refractivity contribution in [3.8, 4) is 0 Å². The average Bonchev–Trinajstić information content (AvgIpc) is 3.08. The van der Waals surface area contributed by atoms with Crippen molar-refractivity contribution < 1.29 is 8.78 Å². The average molecular weight is 324 g/mol. The van der Waals surface area contributed by atoms with Crippen molar-refractivity contribution in [2.75, 3.05) is 5.32 Å². The molecule has 0 spiro atoms. The quantitative estimate of drug-likeness (QED) is 0.697. The number of fused-ring (bicyclic) bond motifs is 1. The van der Waals surface area contributed by atoms with Gasteiger partial charge in [0.1, 0.15) is 10.5 Å². The van der Waals surface area contributed by atoms with E-state index in [2.05, 4.69) is 28.7 Å². The van der Waals surface area contributed by atoms with Gasteiger partial charge in [0, 0.05) is 0 Å². The third kappa shape index (κ3) is 3.06. The van der Waals surface area contributed by atoms with E-state index in [-0.39, 0.29) is 5.52 Å². The van der Waals surface area contributed by atoms with E-state index in [9.17, 15) is 8.78 Å². The van der Waals surface area contributed by atoms with Crippen LogP contribution in [0, 0.1) is 11.6 Å². The van der Waals surface area contributed by atoms with Crippen molar-refractivity contribution in [1.82, 2.24) is 4.98 Å². The molecule has 3 aromatic rings. The van der Waals surface area contributed by atoms with Crippen molar-refractivity contribution in [3.63, 3.8) is 0 Å². The summed E-state index contributed by atoms with van der Waals surface area (Å²) >= 11 is 3.03. The van der Waals surface area contributed by atoms with Gasteiger partial charge in [-0.3, -0.25) is 0 Å². The number of benzene rings is 1. The molecule has 0 bridgehead atoms. The van der Waals surface area contributed by atoms with Crippen LogP contribution in [0.4, 0.5) is 13.8 Å². The number of nitrogens with zero attached hydrogens (tertiary/aromatic N) is 1. The number of rotatable bonds is 5. The van der Waals surface area contributed by atoms with Gasteiger partial charge in [0.15, 0.2) is 11.6 Å². The highest BCUT2D eigenvalue weighted by Crippen LogP contribution is 2.27. The van der Waals surface area contributed by atoms with Gasteiger partial charge in [-0.05, 0) is 35.6 Å². The first-order valence-corrected chi connectivity index (χ1v) is 8.41. The third-order valence-corrected chi connectivity index (χ3v) is 5.06. The number of hydrogen-bond acceptors (Lipinski definition) is 4. The Morgan fingerprint density at radius 2 is 2.14 bits per heavy atom. The summed E-state index contributed by atoms with van der Waals surface area (Å²) in [7, 11) is 0. The van der Waals surface area contributed by atoms with E-state index in [1.54, 1.807) is 17.4 Å². The molecule has 0 amide bonds. The van der Waals surface area contributed by atoms with Crippen LogP contribution in [-0.2, 0) is 13.0 Å². The number of halogens is 2. The molecule has 3 rings (SSSR count). The second kappa shape index (κ2) is 6.07. The Balaban J connectivity index is 1.74. The predicted octanol–water partition coefficient (Wildman–Crippen LogP) is 5.20. The van der Waals surface area contributed by atoms with E-state index in [0.29, 0.717) is 11.2 Å². The topological polar surface area (TPSA) is 24.9 Å². The smallest absolute Gasteiger partial charge is 0.185 e. The van der Waals surface area contributed by atoms with Gasteiger partial charge in [-0.15, -0.1) is 22.7 Å². The Hall–Kier alpha value is -1.53. The molecule has 2 nitrogen and oxygen atoms in total. The summed E-state index contributed by atoms with van der Waals surface area (Å²) in [5.41, 5.74) is 1.44. The van der Waals surface area contributed by atoms with Crippen LogP contribution in [0.3, 0.4) is 0 Å². The lowest BCUT2D eigenvalue weighted by molar-refractivity contribution is 0.515. The second-order valence-corrected chi connectivity index (χ2v) is 6.76. The zero-order valence-electron chi connectivity index (χ0n) is 11.5. The van der Waals surface area contributed by atoms with E-state index in [4.69, 9.17) is 0 Å². The summed E-state index contributed by atoms with van der Waals surface area (Å²) in [5, 5.41) is 7.25. The van der Waals surface area contributed by atoms with Gasteiger partial charge in [0.05, 0.1) is 16.2 Å². The first-order chi connectivity index (χ1) is 10.2. The molecule has 0 unspecified atom stereocenters. The van der Waals surface area contributed by atoms with E-state index in [1.807, 2.05) is 0 Å². The highest BCUT2D eigenvalue weighted by molar-refractivity contribution is 7.18. The van der Waals surface area contributed by atoms with Crippen LogP contribution in [0.1, 0.15) is 23.9 Å². The zero-order chi connectivity index (χ0) is 14.8. The Bertz CT molecular complexity index is 764. The first kappa shape index (κ1) is 14.4. The highest BCUT2D eigenvalue weighted by Gasteiger charge is 2.12. The molecular formula is C15H14F2N2S2. The number of nitrogens with one attached hydrogen (secondary N) is 1. The fraction of sp³-hybridized carbons (Fsp3) is 0.267. The number of aromatic nitrogens is 1. The molecule has 0 saturated heterocycles. The number of thiazole rings is 1. The number of anilines is 1. The summed E-state index contributed by atoms with van der Waals surface area (Å²) in [4.78, 5) is 4.18. The maximum absolute atomic E-state index is 13.6. The summed E-state index contributed by atoms with van der Waals surface area (Å²) in [6.45, 7) is 2.67. The number of hydrogen-bond donors (Lipinski definition) is 1. The van der Waals surface area contributed by atoms with Gasteiger partial charge in [-0.2, -0.15) is 0 Å². The van der Waals surface area contributed by atoms with Crippen LogP contribution in [0.25, 0.3) is 10.2 Å². The Labute approximate surface area is 129 Å². The van der Waals surface area contributed by atoms with E-state index < -0.39 is 11.6 Å². The van der Waals surface area contributed by atoms with E-state index in [0.717, 1.165) is 28.9 Å². The van der Waals surface area contributed by atoms with Crippen molar-refractivity contribution in [3.05, 3.63) is 45.8 Å². The molecule has 2 aromatic heterocycles. The van der Waals surface area contributed by atoms with Crippen molar-refractivity contribution in [2.45, 2.75) is 26.3 Å². The number of thiophene rings is 1. The molecule has 1 aromatic carbocycles. The molecule has 0 aliphatic heterocycles. The van der Waals surface area contributed by atoms with Crippen LogP contribution in [0.2, 0.25) is 0 Å². The number of aryl methyl sites for hydroxylation is 1. The largest absolute Gasteiger partial charge is 0.370 e. The van der Waals surface area contributed by atoms with Gasteiger partial charge in [-0.25, -0.2) is 13.8 Å². The predicted molar refractivity (Wildman–Crippen MR) is 85.2 cm³/mol. The van der Waals surface area contributed by atoms with Gasteiger partial charge in [-0.1, -0.05) is 13.3 Å². The highest BCUT2D eigenvalue weighted by atomic mass is 32.1. The van der Waals surface area contributed by atoms with Gasteiger partial charge in [0.2, 0.25) is 0 Å². The monoisotopic (exact) mass is 324 g/mol. The van der Waals surface area contributed by atoms with Crippen molar-refractivity contribution >= 4 is 37.9 Å². The second-order valence-electron chi connectivity index (χ2n) is 4.74. The van der Waals surface area contributed by atoms with Crippen LogP contribution >= 0.6 is 22.7 Å². The third-order valence-electron chi connectivity index (χ3n) is 3.10. The first-order valence-electron chi connectivity index (χ1n) is 6.72. The van der Waals surface area contributed by atoms with E-state index in [1.165, 1.54) is 16.9 Å². The fourth-order valence-corrected chi connectivity index (χ4v) is 3.85. The molecule has 6 heteroatoms. The molecule has 0 atom stereocenters. The molecule has 0 aliphatic carbocycles. The normalized spacial score (nSPS) is 11.2. The lowest BCUT2D eigenvalue weighted by atomic mass is 10.2. The maximum atomic E-state index is 13.6. The Morgan fingerprint density at radius 3 is 2.95 bits per heavy atom. The van der Waals surface area contributed by atoms with Crippen molar-refractivity contribution in [2.24, 2.45) is 0 Å². The Morgan fingerprint density at radius 1 is 1.29 bits per heavy atom. The molecule has 2 heterocycles. The minimum absolute atomic E-state index is 0.120. The summed E-state index contributed by atoms with van der Waals surface area (Å²) in [5.74, 6) is -1.72. The molecule has 0 radical (unpaired) electrons. The van der Waals surface area contributed by atoms with Crippen LogP contribution in [0.5, 0.6) is 0 Å². The van der Waals surface area contributed by atoms with E-state index >= 15 is 0 Å². The minimum Gasteiger partial charge on any atom is -0.370 e. The SMILES string of the molecule is CCCc1csc(NCc2nc3c(F)c(F)ccc3s2)c1. The molecule has 21 heavy (non-hydrogen) atoms. The van der Waals surface area contributed by atoms with Gasteiger partial charge >= 0.3 is 0 Å². The molecular weight excluding hydrogens is 310 g/mol. The Kier molecular flexibility index (Phi) is 4.17. The fourth-order valence-electron chi connectivity index (χ4n) is 2.11. The molecule has 0 aliphatic rings. The van der Waals surface area contributed by atoms with Gasteiger partial charge < -0.3 is 5.32 Å². The molecule has 1 N–H and O–H groups in total. The molecule has 110 valence electrons. The van der Waals surface area contributed by atoms with Crippen LogP contribution < -0.4 is 5.32 Å². The van der Waals surface area contributed by atoms with Crippen LogP contribution in [0.15, 0.2) is 23.6 Å². The van der Waals surface area contributed by atoms with Gasteiger partial charge in [0.25, 0.3) is 0 Å². The molecule has 0 saturated carbocycles. The standard InChI is InChI=1S/C15H14F2N2S2/c1-2-3-9-6-12(20-8-9)18-7-13-19-15-11(21-13)5-4-10(16)14(15)17/h4-6,8,18H,2-3,7H2,1H3. The van der Waals surface area contributed by atoms with Crippen LogP contribution in [-0.4, -0.2) is 4.98 Å². The maximum Gasteiger partial charge on any atom is 0.185 e. The van der Waals surface area contributed by atoms with Crippen molar-refractivity contribution in [1.29, 1.82) is 0 Å². The summed E-state index contributed by atoms with van der Waals surface area (Å²) in [6, 6.07) is 4.84. The zero-order valence-corrected chi connectivity index (χ0v) is 13.1. The minimum atomic E-state index is -0.864. The summed E-state index contributed by atoms with van der Waals surface area (Å²) in [6.07, 6.45) is 2.20. The summed E-state index contributed by atoms with van der Waals surface area (Å²) < 4.78 is 27.4. The molecule has 0 fully saturated rings.